The molecule has 1 saturated carbocycles. The SMILES string of the molecule is CC(C)(C)OC=O.CC1CC1.Cc1ccc(Nc2ncnc(OC3CC4COCC(C3)N4)c2C)c(F)c1.Cc1ccc(Nc2ncnc(OC3CC4COCC(C3)N4)c2C)c(F)c1.O=S=O.O=S=O. The zero-order chi connectivity index (χ0) is 50.5. The van der Waals surface area contributed by atoms with Gasteiger partial charge < -0.3 is 45.0 Å². The number of ether oxygens (including phenoxy) is 5. The number of piperidine rings is 2. The second-order valence-electron chi connectivity index (χ2n) is 18.3. The number of carbonyl (C=O) groups is 1. The third-order valence-corrected chi connectivity index (χ3v) is 11.1. The van der Waals surface area contributed by atoms with E-state index >= 15 is 0 Å². The monoisotopic (exact) mass is 1000 g/mol. The minimum absolute atomic E-state index is 0.0905. The summed E-state index contributed by atoms with van der Waals surface area (Å²) in [6.07, 6.45) is 9.58. The fourth-order valence-corrected chi connectivity index (χ4v) is 7.45. The van der Waals surface area contributed by atoms with Crippen LogP contribution in [-0.2, 0) is 42.1 Å². The van der Waals surface area contributed by atoms with Gasteiger partial charge in [0.2, 0.25) is 11.8 Å². The van der Waals surface area contributed by atoms with Gasteiger partial charge in [-0.25, -0.2) is 28.7 Å². The summed E-state index contributed by atoms with van der Waals surface area (Å²) < 4.78 is 89.4. The molecule has 4 saturated heterocycles. The lowest BCUT2D eigenvalue weighted by Gasteiger charge is -2.39. The van der Waals surface area contributed by atoms with Crippen LogP contribution in [0.15, 0.2) is 49.1 Å². The predicted molar refractivity (Wildman–Crippen MR) is 256 cm³/mol. The molecule has 4 unspecified atom stereocenters. The fourth-order valence-electron chi connectivity index (χ4n) is 7.45. The van der Waals surface area contributed by atoms with Crippen LogP contribution >= 0.6 is 0 Å². The Balaban J connectivity index is 0.000000226. The van der Waals surface area contributed by atoms with Gasteiger partial charge in [-0.3, -0.25) is 4.79 Å². The Kier molecular flexibility index (Phi) is 23.1. The van der Waals surface area contributed by atoms with Gasteiger partial charge in [0.1, 0.15) is 53.7 Å². The largest absolute Gasteiger partial charge is 0.474 e. The zero-order valence-corrected chi connectivity index (χ0v) is 41.9. The molecule has 378 valence electrons. The lowest BCUT2D eigenvalue weighted by atomic mass is 9.95. The van der Waals surface area contributed by atoms with Gasteiger partial charge in [-0.1, -0.05) is 31.9 Å². The number of benzene rings is 2. The molecule has 4 N–H and O–H groups in total. The van der Waals surface area contributed by atoms with Crippen molar-refractivity contribution < 1.29 is 54.1 Å². The standard InChI is InChI=1S/2C19H23FN4O2.C5H10O2.C4H8.2O2S/c2*1-11-3-4-17(16(20)5-11)24-18-12(2)19(22-10-21-18)26-15-6-13-8-25-9-14(7-15)23-13;1-5(2,3)7-4-6;1-4-2-3-4;2*1-3-2/h2*3-5,10,13-15,23H,6-9H2,1-2H3,(H,21,22,24);4H,1-3H3;4H,2-3H2,1H3;;. The minimum Gasteiger partial charge on any atom is -0.474 e. The molecule has 0 radical (unpaired) electrons. The first-order valence-electron chi connectivity index (χ1n) is 22.6. The lowest BCUT2D eigenvalue weighted by Crippen LogP contribution is -2.56. The molecule has 18 nitrogen and oxygen atoms in total. The molecule has 69 heavy (non-hydrogen) atoms. The molecule has 2 aromatic heterocycles. The van der Waals surface area contributed by atoms with Gasteiger partial charge in [-0.2, -0.15) is 16.8 Å². The quantitative estimate of drug-likeness (QED) is 0.127. The van der Waals surface area contributed by atoms with Crippen LogP contribution in [-0.4, -0.2) is 112 Å². The van der Waals surface area contributed by atoms with E-state index in [4.69, 9.17) is 35.8 Å². The molecule has 0 spiro atoms. The van der Waals surface area contributed by atoms with E-state index in [0.29, 0.717) is 65.4 Å². The number of hydrogen-bond acceptors (Lipinski definition) is 18. The average Bonchev–Trinajstić information content (AvgIpc) is 4.08. The predicted octanol–water partition coefficient (Wildman–Crippen LogP) is 6.78. The summed E-state index contributed by atoms with van der Waals surface area (Å²) in [5.41, 5.74) is 3.74. The van der Waals surface area contributed by atoms with Crippen molar-refractivity contribution in [3.05, 3.63) is 82.9 Å². The van der Waals surface area contributed by atoms with Crippen LogP contribution in [0.3, 0.4) is 0 Å². The van der Waals surface area contributed by atoms with E-state index in [9.17, 15) is 13.6 Å². The summed E-state index contributed by atoms with van der Waals surface area (Å²) in [5, 5.41) is 13.2. The van der Waals surface area contributed by atoms with E-state index in [1.165, 1.54) is 37.6 Å². The topological polar surface area (TPSA) is 231 Å². The summed E-state index contributed by atoms with van der Waals surface area (Å²) in [7, 11) is 0. The van der Waals surface area contributed by atoms with Crippen molar-refractivity contribution in [1.82, 2.24) is 30.6 Å². The van der Waals surface area contributed by atoms with E-state index in [1.54, 1.807) is 12.1 Å². The molecule has 5 fully saturated rings. The number of halogens is 2. The molecule has 4 atom stereocenters. The molecule has 0 amide bonds. The number of rotatable bonds is 9. The second-order valence-corrected chi connectivity index (χ2v) is 18.6. The number of aromatic nitrogens is 4. The van der Waals surface area contributed by atoms with Gasteiger partial charge in [-0.05, 0) is 89.8 Å². The number of fused-ring (bicyclic) bond motifs is 4. The van der Waals surface area contributed by atoms with Crippen molar-refractivity contribution in [1.29, 1.82) is 0 Å². The Morgan fingerprint density at radius 2 is 1.00 bits per heavy atom. The zero-order valence-electron chi connectivity index (χ0n) is 40.3. The molecular formula is C47H64F2N8O10S2. The molecule has 22 heteroatoms. The highest BCUT2D eigenvalue weighted by Crippen LogP contribution is 2.31. The molecular weight excluding hydrogens is 939 g/mol. The summed E-state index contributed by atoms with van der Waals surface area (Å²) >= 11 is -1.50. The maximum absolute atomic E-state index is 14.1. The first-order valence-corrected chi connectivity index (χ1v) is 23.9. The lowest BCUT2D eigenvalue weighted by molar-refractivity contribution is -0.138. The van der Waals surface area contributed by atoms with Crippen LogP contribution in [0.25, 0.3) is 0 Å². The molecule has 1 aliphatic carbocycles. The highest BCUT2D eigenvalue weighted by Gasteiger charge is 2.35. The fraction of sp³-hybridized carbons (Fsp3) is 0.553. The first-order chi connectivity index (χ1) is 32.9. The van der Waals surface area contributed by atoms with E-state index in [0.717, 1.165) is 80.3 Å². The van der Waals surface area contributed by atoms with Crippen LogP contribution < -0.4 is 30.7 Å². The van der Waals surface area contributed by atoms with E-state index in [-0.39, 0.29) is 29.4 Å². The second kappa shape index (κ2) is 28.3. The Morgan fingerprint density at radius 3 is 1.28 bits per heavy atom. The van der Waals surface area contributed by atoms with Crippen molar-refractivity contribution in [3.63, 3.8) is 0 Å². The number of anilines is 4. The summed E-state index contributed by atoms with van der Waals surface area (Å²) in [6.45, 7) is 18.6. The number of aryl methyl sites for hydroxylation is 2. The number of nitrogens with one attached hydrogen (secondary N) is 4. The Hall–Kier alpha value is -5.39. The molecule has 4 bridgehead atoms. The van der Waals surface area contributed by atoms with Crippen LogP contribution in [0.1, 0.15) is 88.5 Å². The van der Waals surface area contributed by atoms with E-state index in [1.807, 2.05) is 60.6 Å². The molecule has 4 aliphatic heterocycles. The van der Waals surface area contributed by atoms with Crippen LogP contribution in [0.5, 0.6) is 11.8 Å². The van der Waals surface area contributed by atoms with Gasteiger partial charge in [0.25, 0.3) is 6.47 Å². The van der Waals surface area contributed by atoms with Crippen molar-refractivity contribution in [2.24, 2.45) is 5.92 Å². The third-order valence-electron chi connectivity index (χ3n) is 11.1. The van der Waals surface area contributed by atoms with E-state index < -0.39 is 23.1 Å². The normalized spacial score (nSPS) is 21.8. The summed E-state index contributed by atoms with van der Waals surface area (Å²) in [4.78, 5) is 26.7. The Labute approximate surface area is 409 Å². The Bertz CT molecular complexity index is 2170. The van der Waals surface area contributed by atoms with Gasteiger partial charge in [0.15, 0.2) is 0 Å². The number of hydrogen-bond donors (Lipinski definition) is 4. The summed E-state index contributed by atoms with van der Waals surface area (Å²) in [6, 6.07) is 11.4. The number of morpholine rings is 2. The number of nitrogens with zero attached hydrogens (tertiary/aromatic N) is 4. The first kappa shape index (κ1) is 56.2. The maximum Gasteiger partial charge on any atom is 0.335 e. The highest BCUT2D eigenvalue weighted by molar-refractivity contribution is 7.51. The van der Waals surface area contributed by atoms with Crippen molar-refractivity contribution in [2.45, 2.75) is 136 Å². The molecule has 6 heterocycles. The van der Waals surface area contributed by atoms with Gasteiger partial charge in [-0.15, -0.1) is 0 Å². The number of carbonyl (C=O) groups excluding carboxylic acids is 1. The average molecular weight is 1000 g/mol. The van der Waals surface area contributed by atoms with Gasteiger partial charge >= 0.3 is 23.1 Å². The van der Waals surface area contributed by atoms with Crippen LogP contribution in [0, 0.1) is 45.2 Å². The van der Waals surface area contributed by atoms with Crippen LogP contribution in [0.4, 0.5) is 31.8 Å². The summed E-state index contributed by atoms with van der Waals surface area (Å²) in [5.74, 6) is 2.65. The smallest absolute Gasteiger partial charge is 0.335 e. The Morgan fingerprint density at radius 1 is 0.652 bits per heavy atom. The van der Waals surface area contributed by atoms with Crippen molar-refractivity contribution in [3.8, 4) is 11.8 Å². The molecule has 5 aliphatic rings. The van der Waals surface area contributed by atoms with Gasteiger partial charge in [0.05, 0.1) is 48.9 Å². The van der Waals surface area contributed by atoms with E-state index in [2.05, 4.69) is 52.9 Å². The maximum atomic E-state index is 14.1. The minimum atomic E-state index is -0.750. The molecule has 4 aromatic rings. The third kappa shape index (κ3) is 19.9. The van der Waals surface area contributed by atoms with Crippen LogP contribution in [0.2, 0.25) is 0 Å². The molecule has 2 aromatic carbocycles. The highest BCUT2D eigenvalue weighted by atomic mass is 32.1. The molecule has 9 rings (SSSR count). The van der Waals surface area contributed by atoms with Crippen molar-refractivity contribution in [2.75, 3.05) is 37.1 Å². The van der Waals surface area contributed by atoms with Crippen molar-refractivity contribution >= 4 is 52.6 Å². The van der Waals surface area contributed by atoms with Gasteiger partial charge in [0, 0.05) is 49.9 Å².